The van der Waals surface area contributed by atoms with E-state index in [0.717, 1.165) is 56.1 Å². The maximum Gasteiger partial charge on any atom is 0.243 e. The molecule has 1 saturated carbocycles. The van der Waals surface area contributed by atoms with Crippen LogP contribution in [0, 0.1) is 17.0 Å². The minimum atomic E-state index is -3.91. The number of aromatic nitrogens is 3. The van der Waals surface area contributed by atoms with Gasteiger partial charge in [0, 0.05) is 25.4 Å². The van der Waals surface area contributed by atoms with E-state index in [1.807, 2.05) is 0 Å². The first-order chi connectivity index (χ1) is 12.9. The third kappa shape index (κ3) is 3.06. The lowest BCUT2D eigenvalue weighted by Gasteiger charge is -2.41. The molecule has 1 spiro atoms. The number of hydrogen-bond donors (Lipinski definition) is 1. The van der Waals surface area contributed by atoms with Crippen LogP contribution in [0.5, 0.6) is 0 Å². The number of nitrogens with zero attached hydrogens (tertiary/aromatic N) is 3. The molecule has 2 aliphatic rings. The Morgan fingerprint density at radius 1 is 1.30 bits per heavy atom. The number of benzene rings is 1. The topological polar surface area (TPSA) is 79.0 Å². The van der Waals surface area contributed by atoms with E-state index >= 15 is 0 Å². The molecule has 2 aromatic rings. The number of H-pyrrole nitrogens is 1. The fourth-order valence-corrected chi connectivity index (χ4v) is 5.76. The second-order valence-corrected chi connectivity index (χ2v) is 9.47. The zero-order chi connectivity index (χ0) is 19.2. The van der Waals surface area contributed by atoms with Crippen molar-refractivity contribution in [2.24, 2.45) is 5.41 Å². The molecule has 0 radical (unpaired) electrons. The monoisotopic (exact) mass is 396 g/mol. The van der Waals surface area contributed by atoms with Crippen LogP contribution in [0.2, 0.25) is 0 Å². The van der Waals surface area contributed by atoms with Crippen LogP contribution in [0.15, 0.2) is 23.1 Å². The summed E-state index contributed by atoms with van der Waals surface area (Å²) in [5.74, 6) is -0.852. The Morgan fingerprint density at radius 2 is 2.07 bits per heavy atom. The Morgan fingerprint density at radius 3 is 2.70 bits per heavy atom. The summed E-state index contributed by atoms with van der Waals surface area (Å²) < 4.78 is 54.1. The summed E-state index contributed by atoms with van der Waals surface area (Å²) in [7, 11) is -3.91. The third-order valence-corrected chi connectivity index (χ3v) is 7.65. The average Bonchev–Trinajstić information content (AvgIpc) is 3.21. The molecule has 6 nitrogen and oxygen atoms in total. The van der Waals surface area contributed by atoms with Gasteiger partial charge in [0.25, 0.3) is 0 Å². The zero-order valence-electron chi connectivity index (χ0n) is 15.1. The number of aryl methyl sites for hydroxylation is 1. The van der Waals surface area contributed by atoms with E-state index in [2.05, 4.69) is 22.1 Å². The van der Waals surface area contributed by atoms with Gasteiger partial charge in [-0.1, -0.05) is 13.3 Å². The first-order valence-electron chi connectivity index (χ1n) is 9.22. The summed E-state index contributed by atoms with van der Waals surface area (Å²) in [6, 6.07) is 2.71. The molecule has 27 heavy (non-hydrogen) atoms. The van der Waals surface area contributed by atoms with Crippen LogP contribution in [-0.2, 0) is 16.4 Å². The molecule has 1 saturated heterocycles. The molecule has 1 unspecified atom stereocenters. The van der Waals surface area contributed by atoms with Crippen LogP contribution in [-0.4, -0.2) is 41.0 Å². The van der Waals surface area contributed by atoms with E-state index in [1.165, 1.54) is 4.31 Å². The standard InChI is InChI=1S/C18H22F2N4O2S/c1-2-4-16-21-17(23-22-16)13-10-24(11-18(13)7-3-8-18)27(25,26)12-5-6-14(19)15(20)9-12/h5-6,9,13H,2-4,7-8,10-11H2,1H3,(H,21,22,23). The molecule has 0 bridgehead atoms. The summed E-state index contributed by atoms with van der Waals surface area (Å²) in [6.07, 6.45) is 4.62. The summed E-state index contributed by atoms with van der Waals surface area (Å²) in [5, 5.41) is 7.29. The van der Waals surface area contributed by atoms with Gasteiger partial charge in [0.05, 0.1) is 4.90 Å². The van der Waals surface area contributed by atoms with Crippen LogP contribution >= 0.6 is 0 Å². The van der Waals surface area contributed by atoms with Crippen molar-refractivity contribution >= 4 is 10.0 Å². The van der Waals surface area contributed by atoms with Crippen LogP contribution in [0.4, 0.5) is 8.78 Å². The summed E-state index contributed by atoms with van der Waals surface area (Å²) in [6.45, 7) is 2.67. The van der Waals surface area contributed by atoms with Crippen LogP contribution < -0.4 is 0 Å². The summed E-state index contributed by atoms with van der Waals surface area (Å²) in [4.78, 5) is 4.35. The van der Waals surface area contributed by atoms with E-state index in [0.29, 0.717) is 12.4 Å². The molecular weight excluding hydrogens is 374 g/mol. The lowest BCUT2D eigenvalue weighted by Crippen LogP contribution is -2.38. The Hall–Kier alpha value is -1.87. The number of aromatic amines is 1. The second-order valence-electron chi connectivity index (χ2n) is 7.53. The van der Waals surface area contributed by atoms with E-state index in [1.54, 1.807) is 0 Å². The average molecular weight is 396 g/mol. The molecule has 1 N–H and O–H groups in total. The number of halogens is 2. The molecule has 4 rings (SSSR count). The predicted molar refractivity (Wildman–Crippen MR) is 94.5 cm³/mol. The SMILES string of the molecule is CCCc1nc(C2CN(S(=O)(=O)c3ccc(F)c(F)c3)CC23CCC3)n[nH]1. The fraction of sp³-hybridized carbons (Fsp3) is 0.556. The number of sulfonamides is 1. The largest absolute Gasteiger partial charge is 0.263 e. The molecule has 1 aromatic carbocycles. The van der Waals surface area contributed by atoms with Crippen molar-refractivity contribution in [2.45, 2.75) is 49.8 Å². The highest BCUT2D eigenvalue weighted by molar-refractivity contribution is 7.89. The molecule has 146 valence electrons. The first-order valence-corrected chi connectivity index (χ1v) is 10.7. The highest BCUT2D eigenvalue weighted by atomic mass is 32.2. The Kier molecular flexibility index (Phi) is 4.54. The molecule has 2 fully saturated rings. The van der Waals surface area contributed by atoms with E-state index in [-0.39, 0.29) is 22.8 Å². The lowest BCUT2D eigenvalue weighted by molar-refractivity contribution is 0.127. The van der Waals surface area contributed by atoms with Crippen molar-refractivity contribution in [1.29, 1.82) is 0 Å². The molecule has 1 aromatic heterocycles. The van der Waals surface area contributed by atoms with Gasteiger partial charge in [0.2, 0.25) is 10.0 Å². The number of hydrogen-bond acceptors (Lipinski definition) is 4. The minimum absolute atomic E-state index is 0.0897. The Bertz CT molecular complexity index is 956. The van der Waals surface area contributed by atoms with E-state index in [9.17, 15) is 17.2 Å². The molecule has 1 aliphatic carbocycles. The lowest BCUT2D eigenvalue weighted by atomic mass is 9.62. The number of nitrogens with one attached hydrogen (secondary N) is 1. The van der Waals surface area contributed by atoms with Gasteiger partial charge in [-0.3, -0.25) is 5.10 Å². The predicted octanol–water partition coefficient (Wildman–Crippen LogP) is 2.99. The van der Waals surface area contributed by atoms with Gasteiger partial charge in [-0.25, -0.2) is 22.2 Å². The molecule has 2 heterocycles. The quantitative estimate of drug-likeness (QED) is 0.843. The van der Waals surface area contributed by atoms with Gasteiger partial charge in [-0.05, 0) is 42.9 Å². The first kappa shape index (κ1) is 18.5. The summed E-state index contributed by atoms with van der Waals surface area (Å²) >= 11 is 0. The molecule has 9 heteroatoms. The van der Waals surface area contributed by atoms with Crippen molar-refractivity contribution < 1.29 is 17.2 Å². The van der Waals surface area contributed by atoms with Gasteiger partial charge in [-0.15, -0.1) is 0 Å². The maximum atomic E-state index is 13.6. The van der Waals surface area contributed by atoms with Gasteiger partial charge in [0.15, 0.2) is 17.5 Å². The van der Waals surface area contributed by atoms with Crippen LogP contribution in [0.1, 0.15) is 50.2 Å². The van der Waals surface area contributed by atoms with Crippen molar-refractivity contribution in [3.63, 3.8) is 0 Å². The molecular formula is C18H22F2N4O2S. The van der Waals surface area contributed by atoms with Crippen molar-refractivity contribution in [3.05, 3.63) is 41.5 Å². The van der Waals surface area contributed by atoms with Crippen molar-refractivity contribution in [1.82, 2.24) is 19.5 Å². The van der Waals surface area contributed by atoms with E-state index in [4.69, 9.17) is 0 Å². The van der Waals surface area contributed by atoms with Gasteiger partial charge in [-0.2, -0.15) is 9.40 Å². The fourth-order valence-electron chi connectivity index (χ4n) is 4.20. The van der Waals surface area contributed by atoms with Gasteiger partial charge >= 0.3 is 0 Å². The maximum absolute atomic E-state index is 13.6. The van der Waals surface area contributed by atoms with E-state index < -0.39 is 21.7 Å². The Labute approximate surface area is 157 Å². The molecule has 0 amide bonds. The van der Waals surface area contributed by atoms with Gasteiger partial charge < -0.3 is 0 Å². The Balaban J connectivity index is 1.64. The van der Waals surface area contributed by atoms with Gasteiger partial charge in [0.1, 0.15) is 5.82 Å². The third-order valence-electron chi connectivity index (χ3n) is 5.84. The molecule has 1 atom stereocenters. The minimum Gasteiger partial charge on any atom is -0.263 e. The molecule has 1 aliphatic heterocycles. The zero-order valence-corrected chi connectivity index (χ0v) is 15.9. The van der Waals surface area contributed by atoms with Crippen molar-refractivity contribution in [2.75, 3.05) is 13.1 Å². The summed E-state index contributed by atoms with van der Waals surface area (Å²) in [5.41, 5.74) is -0.169. The van der Waals surface area contributed by atoms with Crippen molar-refractivity contribution in [3.8, 4) is 0 Å². The normalized spacial score (nSPS) is 22.3. The number of rotatable bonds is 5. The smallest absolute Gasteiger partial charge is 0.243 e. The second kappa shape index (κ2) is 6.63. The highest BCUT2D eigenvalue weighted by Gasteiger charge is 2.55. The van der Waals surface area contributed by atoms with Crippen LogP contribution in [0.3, 0.4) is 0 Å². The van der Waals surface area contributed by atoms with Crippen LogP contribution in [0.25, 0.3) is 0 Å². The highest BCUT2D eigenvalue weighted by Crippen LogP contribution is 2.56.